The molecular formula is C15H16FNO3. The van der Waals surface area contributed by atoms with E-state index in [2.05, 4.69) is 5.32 Å². The molecule has 0 fully saturated rings. The van der Waals surface area contributed by atoms with Crippen LogP contribution in [0.2, 0.25) is 0 Å². The van der Waals surface area contributed by atoms with Gasteiger partial charge in [0.05, 0.1) is 19.9 Å². The molecule has 2 aromatic rings. The van der Waals surface area contributed by atoms with Crippen LogP contribution >= 0.6 is 0 Å². The average Bonchev–Trinajstić information content (AvgIpc) is 2.47. The zero-order valence-electron chi connectivity index (χ0n) is 11.3. The Morgan fingerprint density at radius 3 is 2.60 bits per heavy atom. The Bertz CT molecular complexity index is 602. The molecule has 2 N–H and O–H groups in total. The van der Waals surface area contributed by atoms with Gasteiger partial charge in [-0.15, -0.1) is 0 Å². The van der Waals surface area contributed by atoms with Gasteiger partial charge in [0.2, 0.25) is 0 Å². The van der Waals surface area contributed by atoms with Crippen molar-refractivity contribution >= 4 is 5.69 Å². The van der Waals surface area contributed by atoms with Crippen molar-refractivity contribution in [3.8, 4) is 17.2 Å². The second-order valence-electron chi connectivity index (χ2n) is 4.21. The summed E-state index contributed by atoms with van der Waals surface area (Å²) in [6.07, 6.45) is 0. The van der Waals surface area contributed by atoms with Crippen molar-refractivity contribution in [3.63, 3.8) is 0 Å². The molecule has 0 atom stereocenters. The quantitative estimate of drug-likeness (QED) is 0.881. The third-order valence-electron chi connectivity index (χ3n) is 2.90. The molecule has 2 rings (SSSR count). The number of hydrogen-bond donors (Lipinski definition) is 2. The van der Waals surface area contributed by atoms with Crippen molar-refractivity contribution in [3.05, 3.63) is 47.8 Å². The maximum absolute atomic E-state index is 13.6. The first-order valence-electron chi connectivity index (χ1n) is 6.07. The molecule has 2 aromatic carbocycles. The summed E-state index contributed by atoms with van der Waals surface area (Å²) in [6, 6.07) is 9.47. The minimum absolute atomic E-state index is 0.0730. The lowest BCUT2D eigenvalue weighted by atomic mass is 10.2. The number of hydrogen-bond acceptors (Lipinski definition) is 4. The Morgan fingerprint density at radius 2 is 1.90 bits per heavy atom. The number of phenolic OH excluding ortho intramolecular Hbond substituents is 1. The second kappa shape index (κ2) is 6.14. The van der Waals surface area contributed by atoms with Crippen LogP contribution in [0, 0.1) is 5.82 Å². The molecular weight excluding hydrogens is 261 g/mol. The van der Waals surface area contributed by atoms with E-state index < -0.39 is 0 Å². The Hall–Kier alpha value is -2.43. The maximum atomic E-state index is 13.6. The van der Waals surface area contributed by atoms with Gasteiger partial charge in [0.1, 0.15) is 11.6 Å². The molecule has 4 nitrogen and oxygen atoms in total. The monoisotopic (exact) mass is 277 g/mol. The van der Waals surface area contributed by atoms with Crippen LogP contribution in [0.3, 0.4) is 0 Å². The molecule has 0 aromatic heterocycles. The van der Waals surface area contributed by atoms with Crippen molar-refractivity contribution in [1.29, 1.82) is 0 Å². The van der Waals surface area contributed by atoms with Crippen LogP contribution in [0.5, 0.6) is 17.2 Å². The Labute approximate surface area is 116 Å². The summed E-state index contributed by atoms with van der Waals surface area (Å²) in [7, 11) is 3.01. The molecule has 0 aliphatic rings. The van der Waals surface area contributed by atoms with Crippen LogP contribution in [0.25, 0.3) is 0 Å². The topological polar surface area (TPSA) is 50.7 Å². The van der Waals surface area contributed by atoms with Gasteiger partial charge in [-0.3, -0.25) is 0 Å². The van der Waals surface area contributed by atoms with Crippen LogP contribution in [0.1, 0.15) is 5.56 Å². The van der Waals surface area contributed by atoms with E-state index in [1.54, 1.807) is 24.3 Å². The van der Waals surface area contributed by atoms with Crippen LogP contribution in [0.15, 0.2) is 36.4 Å². The number of methoxy groups -OCH3 is 2. The summed E-state index contributed by atoms with van der Waals surface area (Å²) in [6.45, 7) is 0.403. The summed E-state index contributed by atoms with van der Waals surface area (Å²) in [5.41, 5.74) is 1.22. The predicted octanol–water partition coefficient (Wildman–Crippen LogP) is 3.16. The van der Waals surface area contributed by atoms with Crippen molar-refractivity contribution < 1.29 is 19.0 Å². The first-order valence-corrected chi connectivity index (χ1v) is 6.07. The number of halogens is 1. The first kappa shape index (κ1) is 14.0. The van der Waals surface area contributed by atoms with Gasteiger partial charge < -0.3 is 19.9 Å². The molecule has 20 heavy (non-hydrogen) atoms. The third kappa shape index (κ3) is 3.12. The zero-order valence-corrected chi connectivity index (χ0v) is 11.3. The van der Waals surface area contributed by atoms with Crippen molar-refractivity contribution in [2.45, 2.75) is 6.54 Å². The second-order valence-corrected chi connectivity index (χ2v) is 4.21. The van der Waals surface area contributed by atoms with Gasteiger partial charge in [0, 0.05) is 12.6 Å². The molecule has 0 bridgehead atoms. The summed E-state index contributed by atoms with van der Waals surface area (Å²) < 4.78 is 23.7. The highest BCUT2D eigenvalue weighted by Crippen LogP contribution is 2.27. The molecule has 0 aliphatic heterocycles. The number of ether oxygens (including phenoxy) is 2. The first-order chi connectivity index (χ1) is 9.63. The van der Waals surface area contributed by atoms with Crippen LogP contribution in [-0.4, -0.2) is 19.3 Å². The van der Waals surface area contributed by atoms with E-state index in [0.717, 1.165) is 5.56 Å². The lowest BCUT2D eigenvalue weighted by molar-refractivity contribution is 0.373. The minimum atomic E-state index is -0.350. The molecule has 0 spiro atoms. The van der Waals surface area contributed by atoms with Crippen LogP contribution in [-0.2, 0) is 6.54 Å². The molecule has 0 saturated carbocycles. The highest BCUT2D eigenvalue weighted by atomic mass is 19.1. The highest BCUT2D eigenvalue weighted by molar-refractivity contribution is 5.50. The van der Waals surface area contributed by atoms with Crippen molar-refractivity contribution in [2.24, 2.45) is 0 Å². The fourth-order valence-electron chi connectivity index (χ4n) is 1.80. The predicted molar refractivity (Wildman–Crippen MR) is 74.9 cm³/mol. The standard InChI is InChI=1S/C15H16FNO3/c1-19-11-4-5-12(16)13(8-11)17-9-10-3-6-14(18)15(7-10)20-2/h3-8,17-18H,9H2,1-2H3. The van der Waals surface area contributed by atoms with Crippen LogP contribution in [0.4, 0.5) is 10.1 Å². The van der Waals surface area contributed by atoms with E-state index in [-0.39, 0.29) is 11.6 Å². The molecule has 0 aliphatic carbocycles. The SMILES string of the molecule is COc1ccc(F)c(NCc2ccc(O)c(OC)c2)c1. The number of anilines is 1. The fourth-order valence-corrected chi connectivity index (χ4v) is 1.80. The molecule has 0 saturated heterocycles. The Balaban J connectivity index is 2.12. The van der Waals surface area contributed by atoms with E-state index in [0.29, 0.717) is 23.7 Å². The summed E-state index contributed by atoms with van der Waals surface area (Å²) >= 11 is 0. The molecule has 0 heterocycles. The van der Waals surface area contributed by atoms with Gasteiger partial charge in [0.15, 0.2) is 11.5 Å². The van der Waals surface area contributed by atoms with E-state index in [1.807, 2.05) is 0 Å². The van der Waals surface area contributed by atoms with Crippen molar-refractivity contribution in [2.75, 3.05) is 19.5 Å². The van der Waals surface area contributed by atoms with Gasteiger partial charge in [-0.2, -0.15) is 0 Å². The summed E-state index contributed by atoms with van der Waals surface area (Å²) in [5.74, 6) is 0.688. The number of rotatable bonds is 5. The lowest BCUT2D eigenvalue weighted by Gasteiger charge is -2.11. The lowest BCUT2D eigenvalue weighted by Crippen LogP contribution is -2.02. The highest BCUT2D eigenvalue weighted by Gasteiger charge is 2.06. The Morgan fingerprint density at radius 1 is 1.10 bits per heavy atom. The van der Waals surface area contributed by atoms with Gasteiger partial charge in [-0.05, 0) is 29.8 Å². The normalized spacial score (nSPS) is 10.2. The molecule has 0 radical (unpaired) electrons. The minimum Gasteiger partial charge on any atom is -0.504 e. The van der Waals surface area contributed by atoms with E-state index >= 15 is 0 Å². The third-order valence-corrected chi connectivity index (χ3v) is 2.90. The Kier molecular flexibility index (Phi) is 4.30. The maximum Gasteiger partial charge on any atom is 0.160 e. The molecule has 5 heteroatoms. The molecule has 0 amide bonds. The summed E-state index contributed by atoms with van der Waals surface area (Å²) in [5, 5.41) is 12.5. The number of aromatic hydroxyl groups is 1. The van der Waals surface area contributed by atoms with Crippen molar-refractivity contribution in [1.82, 2.24) is 0 Å². The number of benzene rings is 2. The molecule has 106 valence electrons. The van der Waals surface area contributed by atoms with Gasteiger partial charge in [0.25, 0.3) is 0 Å². The van der Waals surface area contributed by atoms with Gasteiger partial charge in [-0.1, -0.05) is 6.07 Å². The summed E-state index contributed by atoms with van der Waals surface area (Å²) in [4.78, 5) is 0. The average molecular weight is 277 g/mol. The number of phenols is 1. The van der Waals surface area contributed by atoms with Gasteiger partial charge in [-0.25, -0.2) is 4.39 Å². The van der Waals surface area contributed by atoms with Gasteiger partial charge >= 0.3 is 0 Å². The van der Waals surface area contributed by atoms with E-state index in [1.165, 1.54) is 26.4 Å². The van der Waals surface area contributed by atoms with E-state index in [4.69, 9.17) is 9.47 Å². The number of nitrogens with one attached hydrogen (secondary N) is 1. The van der Waals surface area contributed by atoms with Crippen LogP contribution < -0.4 is 14.8 Å². The van der Waals surface area contributed by atoms with E-state index in [9.17, 15) is 9.50 Å². The fraction of sp³-hybridized carbons (Fsp3) is 0.200. The largest absolute Gasteiger partial charge is 0.504 e. The smallest absolute Gasteiger partial charge is 0.160 e. The molecule has 0 unspecified atom stereocenters. The zero-order chi connectivity index (χ0) is 14.5.